The topological polar surface area (TPSA) is 84.2 Å². The van der Waals surface area contributed by atoms with Gasteiger partial charge in [0.25, 0.3) is 0 Å². The second kappa shape index (κ2) is 9.11. The fourth-order valence-corrected chi connectivity index (χ4v) is 3.41. The third-order valence-corrected chi connectivity index (χ3v) is 4.89. The van der Waals surface area contributed by atoms with Gasteiger partial charge in [-0.25, -0.2) is 4.98 Å². The molecule has 6 nitrogen and oxygen atoms in total. The molecule has 142 valence electrons. The number of pyridine rings is 1. The molecule has 0 aliphatic heterocycles. The van der Waals surface area contributed by atoms with Crippen molar-refractivity contribution in [3.8, 4) is 17.6 Å². The molecule has 1 N–H and O–H groups in total. The minimum Gasteiger partial charge on any atom is -0.495 e. The number of rotatable bonds is 7. The van der Waals surface area contributed by atoms with E-state index >= 15 is 0 Å². The number of benzene rings is 2. The van der Waals surface area contributed by atoms with E-state index in [9.17, 15) is 10.1 Å². The molecule has 0 radical (unpaired) electrons. The first-order valence-electron chi connectivity index (χ1n) is 8.68. The first kappa shape index (κ1) is 19.5. The Bertz CT molecular complexity index is 1050. The van der Waals surface area contributed by atoms with Crippen LogP contribution in [0.15, 0.2) is 53.6 Å². The van der Waals surface area contributed by atoms with Crippen LogP contribution in [0.5, 0.6) is 11.5 Å². The van der Waals surface area contributed by atoms with E-state index in [0.29, 0.717) is 28.6 Å². The molecule has 0 spiro atoms. The highest BCUT2D eigenvalue weighted by molar-refractivity contribution is 8.00. The molecular weight excluding hydrogens is 374 g/mol. The number of fused-ring (bicyclic) bond motifs is 1. The molecule has 0 bridgehead atoms. The molecule has 1 heterocycles. The van der Waals surface area contributed by atoms with Gasteiger partial charge in [0, 0.05) is 5.39 Å². The van der Waals surface area contributed by atoms with Crippen molar-refractivity contribution in [3.05, 3.63) is 54.1 Å². The van der Waals surface area contributed by atoms with E-state index in [4.69, 9.17) is 9.47 Å². The van der Waals surface area contributed by atoms with E-state index in [1.807, 2.05) is 37.3 Å². The van der Waals surface area contributed by atoms with Gasteiger partial charge < -0.3 is 14.8 Å². The van der Waals surface area contributed by atoms with Gasteiger partial charge in [-0.2, -0.15) is 5.26 Å². The Labute approximate surface area is 167 Å². The van der Waals surface area contributed by atoms with Crippen molar-refractivity contribution in [2.45, 2.75) is 11.9 Å². The van der Waals surface area contributed by atoms with Gasteiger partial charge in [-0.3, -0.25) is 4.79 Å². The predicted molar refractivity (Wildman–Crippen MR) is 110 cm³/mol. The number of hydrogen-bond acceptors (Lipinski definition) is 6. The van der Waals surface area contributed by atoms with Crippen LogP contribution in [0, 0.1) is 11.3 Å². The molecule has 7 heteroatoms. The quantitative estimate of drug-likeness (QED) is 0.604. The molecule has 0 atom stereocenters. The number of thioether (sulfide) groups is 1. The highest BCUT2D eigenvalue weighted by atomic mass is 32.2. The Morgan fingerprint density at radius 1 is 1.25 bits per heavy atom. The Morgan fingerprint density at radius 2 is 2.07 bits per heavy atom. The Balaban J connectivity index is 1.75. The van der Waals surface area contributed by atoms with Gasteiger partial charge in [0.15, 0.2) is 0 Å². The van der Waals surface area contributed by atoms with Gasteiger partial charge in [-0.1, -0.05) is 23.9 Å². The van der Waals surface area contributed by atoms with Crippen molar-refractivity contribution < 1.29 is 14.3 Å². The predicted octanol–water partition coefficient (Wildman–Crippen LogP) is 4.24. The van der Waals surface area contributed by atoms with Crippen LogP contribution in [-0.2, 0) is 4.79 Å². The zero-order valence-electron chi connectivity index (χ0n) is 15.6. The Kier molecular flexibility index (Phi) is 6.35. The summed E-state index contributed by atoms with van der Waals surface area (Å²) in [6.07, 6.45) is 0. The SMILES string of the molecule is CCOc1ccc2nc(SCC(=O)Nc3ccccc3OC)c(C#N)cc2c1. The molecule has 0 unspecified atom stereocenters. The van der Waals surface area contributed by atoms with Gasteiger partial charge in [0.05, 0.1) is 36.2 Å². The number of methoxy groups -OCH3 is 1. The fourth-order valence-electron chi connectivity index (χ4n) is 2.65. The summed E-state index contributed by atoms with van der Waals surface area (Å²) in [7, 11) is 1.55. The lowest BCUT2D eigenvalue weighted by atomic mass is 10.1. The molecule has 1 aromatic heterocycles. The van der Waals surface area contributed by atoms with Crippen molar-refractivity contribution >= 4 is 34.3 Å². The van der Waals surface area contributed by atoms with Crippen LogP contribution in [0.1, 0.15) is 12.5 Å². The third kappa shape index (κ3) is 4.53. The van der Waals surface area contributed by atoms with Crippen LogP contribution in [-0.4, -0.2) is 30.4 Å². The second-order valence-electron chi connectivity index (χ2n) is 5.78. The van der Waals surface area contributed by atoms with Crippen molar-refractivity contribution in [3.63, 3.8) is 0 Å². The summed E-state index contributed by atoms with van der Waals surface area (Å²) in [6.45, 7) is 2.48. The van der Waals surface area contributed by atoms with E-state index in [1.54, 1.807) is 25.3 Å². The van der Waals surface area contributed by atoms with Crippen molar-refractivity contribution in [2.24, 2.45) is 0 Å². The average molecular weight is 393 g/mol. The van der Waals surface area contributed by atoms with Crippen molar-refractivity contribution in [2.75, 3.05) is 24.8 Å². The fraction of sp³-hybridized carbons (Fsp3) is 0.190. The number of nitrogens with one attached hydrogen (secondary N) is 1. The smallest absolute Gasteiger partial charge is 0.234 e. The Morgan fingerprint density at radius 3 is 2.82 bits per heavy atom. The molecule has 0 saturated carbocycles. The van der Waals surface area contributed by atoms with Gasteiger partial charge in [-0.05, 0) is 43.3 Å². The number of amides is 1. The zero-order chi connectivity index (χ0) is 19.9. The first-order chi connectivity index (χ1) is 13.6. The summed E-state index contributed by atoms with van der Waals surface area (Å²) in [6, 6.07) is 16.7. The first-order valence-corrected chi connectivity index (χ1v) is 9.66. The monoisotopic (exact) mass is 393 g/mol. The van der Waals surface area contributed by atoms with Crippen LogP contribution in [0.25, 0.3) is 10.9 Å². The highest BCUT2D eigenvalue weighted by Crippen LogP contribution is 2.28. The molecule has 0 aliphatic rings. The van der Waals surface area contributed by atoms with Crippen LogP contribution >= 0.6 is 11.8 Å². The lowest BCUT2D eigenvalue weighted by Gasteiger charge is -2.10. The number of nitriles is 1. The summed E-state index contributed by atoms with van der Waals surface area (Å²) in [5.74, 6) is 1.25. The van der Waals surface area contributed by atoms with Crippen LogP contribution in [0.2, 0.25) is 0 Å². The van der Waals surface area contributed by atoms with Gasteiger partial charge >= 0.3 is 0 Å². The van der Waals surface area contributed by atoms with Crippen molar-refractivity contribution in [1.29, 1.82) is 5.26 Å². The van der Waals surface area contributed by atoms with Crippen LogP contribution in [0.3, 0.4) is 0 Å². The van der Waals surface area contributed by atoms with E-state index in [1.165, 1.54) is 11.8 Å². The summed E-state index contributed by atoms with van der Waals surface area (Å²) in [5.41, 5.74) is 1.78. The maximum atomic E-state index is 12.3. The normalized spacial score (nSPS) is 10.3. The lowest BCUT2D eigenvalue weighted by molar-refractivity contribution is -0.113. The molecule has 3 rings (SSSR count). The van der Waals surface area contributed by atoms with Crippen molar-refractivity contribution in [1.82, 2.24) is 4.98 Å². The molecule has 3 aromatic rings. The molecule has 1 amide bonds. The van der Waals surface area contributed by atoms with E-state index in [2.05, 4.69) is 16.4 Å². The summed E-state index contributed by atoms with van der Waals surface area (Å²) < 4.78 is 10.7. The summed E-state index contributed by atoms with van der Waals surface area (Å²) in [4.78, 5) is 16.9. The molecular formula is C21H19N3O3S. The number of nitrogens with zero attached hydrogens (tertiary/aromatic N) is 2. The maximum Gasteiger partial charge on any atom is 0.234 e. The summed E-state index contributed by atoms with van der Waals surface area (Å²) in [5, 5.41) is 13.6. The van der Waals surface area contributed by atoms with Gasteiger partial charge in [0.2, 0.25) is 5.91 Å². The van der Waals surface area contributed by atoms with E-state index in [-0.39, 0.29) is 11.7 Å². The number of carbonyl (C=O) groups is 1. The van der Waals surface area contributed by atoms with Crippen LogP contribution in [0.4, 0.5) is 5.69 Å². The molecule has 0 fully saturated rings. The number of carbonyl (C=O) groups excluding carboxylic acids is 1. The molecule has 28 heavy (non-hydrogen) atoms. The van der Waals surface area contributed by atoms with Crippen LogP contribution < -0.4 is 14.8 Å². The number of anilines is 1. The third-order valence-electron chi connectivity index (χ3n) is 3.90. The minimum absolute atomic E-state index is 0.127. The van der Waals surface area contributed by atoms with Gasteiger partial charge in [0.1, 0.15) is 22.6 Å². The lowest BCUT2D eigenvalue weighted by Crippen LogP contribution is -2.14. The number of aromatic nitrogens is 1. The standard InChI is InChI=1S/C21H19N3O3S/c1-3-27-16-8-9-17-14(11-16)10-15(12-22)21(24-17)28-13-20(25)23-18-6-4-5-7-19(18)26-2/h4-11H,3,13H2,1-2H3,(H,23,25). The molecule has 2 aromatic carbocycles. The largest absolute Gasteiger partial charge is 0.495 e. The molecule has 0 saturated heterocycles. The highest BCUT2D eigenvalue weighted by Gasteiger charge is 2.12. The van der Waals surface area contributed by atoms with Gasteiger partial charge in [-0.15, -0.1) is 0 Å². The Hall–Kier alpha value is -3.24. The van der Waals surface area contributed by atoms with E-state index < -0.39 is 0 Å². The maximum absolute atomic E-state index is 12.3. The second-order valence-corrected chi connectivity index (χ2v) is 6.74. The summed E-state index contributed by atoms with van der Waals surface area (Å²) >= 11 is 1.22. The van der Waals surface area contributed by atoms with E-state index in [0.717, 1.165) is 16.7 Å². The number of ether oxygens (including phenoxy) is 2. The molecule has 0 aliphatic carbocycles. The zero-order valence-corrected chi connectivity index (χ0v) is 16.4. The average Bonchev–Trinajstić information content (AvgIpc) is 2.72. The number of para-hydroxylation sites is 2. The minimum atomic E-state index is -0.202. The number of hydrogen-bond donors (Lipinski definition) is 1.